The Labute approximate surface area is 242 Å². The summed E-state index contributed by atoms with van der Waals surface area (Å²) in [6.45, 7) is 8.30. The molecule has 0 spiro atoms. The topological polar surface area (TPSA) is 79.4 Å². The lowest BCUT2D eigenvalue weighted by Gasteiger charge is -2.37. The summed E-state index contributed by atoms with van der Waals surface area (Å²) in [4.78, 5) is 48.0. The van der Waals surface area contributed by atoms with E-state index in [-0.39, 0.29) is 31.2 Å². The second-order valence-electron chi connectivity index (χ2n) is 11.2. The first-order chi connectivity index (χ1) is 19.3. The van der Waals surface area contributed by atoms with Crippen LogP contribution < -0.4 is 15.1 Å². The van der Waals surface area contributed by atoms with E-state index in [1.807, 2.05) is 0 Å². The molecule has 40 heavy (non-hydrogen) atoms. The molecule has 0 aromatic heterocycles. The first-order valence-corrected chi connectivity index (χ1v) is 14.7. The fraction of sp³-hybridized carbons (Fsp3) is 0.483. The van der Waals surface area contributed by atoms with Crippen LogP contribution in [0.2, 0.25) is 0 Å². The highest BCUT2D eigenvalue weighted by molar-refractivity contribution is 9.10. The second-order valence-corrected chi connectivity index (χ2v) is 12.0. The molecule has 4 heterocycles. The van der Waals surface area contributed by atoms with Crippen molar-refractivity contribution in [3.8, 4) is 0 Å². The standard InChI is InChI=1S/C29H34BrFN6O3/c1-33-6-10-35(11-7-33)24-3-2-19(14-23(24)30)17-34-8-12-36(13-9-34)26-16-20(31)15-21-22(26)18-37(29(21)40)25-4-5-27(38)32-28(25)39/h2-3,14-16,25H,4-13,17-18H2,1H3,(H,32,38,39). The fourth-order valence-corrected chi connectivity index (χ4v) is 6.92. The Bertz CT molecular complexity index is 1340. The van der Waals surface area contributed by atoms with Crippen LogP contribution in [0.15, 0.2) is 34.8 Å². The minimum absolute atomic E-state index is 0.189. The Morgan fingerprint density at radius 1 is 0.925 bits per heavy atom. The SMILES string of the molecule is CN1CCN(c2ccc(CN3CCN(c4cc(F)cc5c4CN(C4CCC(=O)NC4=O)C5=O)CC3)cc2Br)CC1. The van der Waals surface area contributed by atoms with Crippen LogP contribution >= 0.6 is 15.9 Å². The third kappa shape index (κ3) is 5.34. The molecule has 3 fully saturated rings. The van der Waals surface area contributed by atoms with Gasteiger partial charge in [-0.05, 0) is 59.2 Å². The van der Waals surface area contributed by atoms with Crippen LogP contribution in [0.5, 0.6) is 0 Å². The molecule has 6 rings (SSSR count). The zero-order valence-corrected chi connectivity index (χ0v) is 24.3. The quantitative estimate of drug-likeness (QED) is 0.520. The number of carbonyl (C=O) groups is 3. The number of hydrogen-bond acceptors (Lipinski definition) is 7. The Hall–Kier alpha value is -3.02. The summed E-state index contributed by atoms with van der Waals surface area (Å²) < 4.78 is 15.8. The van der Waals surface area contributed by atoms with Gasteiger partial charge >= 0.3 is 0 Å². The first-order valence-electron chi connectivity index (χ1n) is 13.9. The van der Waals surface area contributed by atoms with Gasteiger partial charge in [-0.1, -0.05) is 6.07 Å². The predicted molar refractivity (Wildman–Crippen MR) is 154 cm³/mol. The Balaban J connectivity index is 1.10. The maximum Gasteiger partial charge on any atom is 0.255 e. The van der Waals surface area contributed by atoms with Gasteiger partial charge in [0, 0.05) is 93.2 Å². The van der Waals surface area contributed by atoms with E-state index in [1.165, 1.54) is 28.3 Å². The Morgan fingerprint density at radius 3 is 2.33 bits per heavy atom. The van der Waals surface area contributed by atoms with E-state index < -0.39 is 17.8 Å². The highest BCUT2D eigenvalue weighted by Gasteiger charge is 2.41. The van der Waals surface area contributed by atoms with Crippen molar-refractivity contribution in [1.29, 1.82) is 0 Å². The minimum atomic E-state index is -0.715. The van der Waals surface area contributed by atoms with Gasteiger partial charge < -0.3 is 19.6 Å². The van der Waals surface area contributed by atoms with Crippen LogP contribution in [-0.4, -0.2) is 97.9 Å². The van der Waals surface area contributed by atoms with Crippen LogP contribution in [0.3, 0.4) is 0 Å². The summed E-state index contributed by atoms with van der Waals surface area (Å²) in [6, 6.07) is 8.69. The van der Waals surface area contributed by atoms with Crippen molar-refractivity contribution in [2.24, 2.45) is 0 Å². The van der Waals surface area contributed by atoms with E-state index in [2.05, 4.69) is 66.1 Å². The molecule has 4 aliphatic rings. The van der Waals surface area contributed by atoms with Crippen LogP contribution in [0.4, 0.5) is 15.8 Å². The van der Waals surface area contributed by atoms with Gasteiger partial charge in [-0.25, -0.2) is 4.39 Å². The third-order valence-electron chi connectivity index (χ3n) is 8.57. The highest BCUT2D eigenvalue weighted by atomic mass is 79.9. The Kier molecular flexibility index (Phi) is 7.54. The molecule has 9 nitrogen and oxygen atoms in total. The molecule has 1 unspecified atom stereocenters. The van der Waals surface area contributed by atoms with Crippen LogP contribution in [0.25, 0.3) is 0 Å². The van der Waals surface area contributed by atoms with E-state index >= 15 is 0 Å². The maximum absolute atomic E-state index is 14.7. The van der Waals surface area contributed by atoms with Crippen molar-refractivity contribution in [2.45, 2.75) is 32.0 Å². The van der Waals surface area contributed by atoms with Crippen LogP contribution in [0.1, 0.15) is 34.3 Å². The molecule has 11 heteroatoms. The van der Waals surface area contributed by atoms with Gasteiger partial charge in [0.15, 0.2) is 0 Å². The van der Waals surface area contributed by atoms with Gasteiger partial charge in [-0.15, -0.1) is 0 Å². The van der Waals surface area contributed by atoms with Crippen molar-refractivity contribution in [3.05, 3.63) is 57.3 Å². The number of fused-ring (bicyclic) bond motifs is 1. The molecule has 0 radical (unpaired) electrons. The molecule has 1 atom stereocenters. The molecular formula is C29H34BrFN6O3. The number of anilines is 2. The van der Waals surface area contributed by atoms with E-state index in [0.717, 1.165) is 61.5 Å². The number of hydrogen-bond donors (Lipinski definition) is 1. The summed E-state index contributed by atoms with van der Waals surface area (Å²) in [6.07, 6.45) is 0.474. The monoisotopic (exact) mass is 612 g/mol. The summed E-state index contributed by atoms with van der Waals surface area (Å²) >= 11 is 3.79. The van der Waals surface area contributed by atoms with Gasteiger partial charge in [0.1, 0.15) is 11.9 Å². The number of likely N-dealkylation sites (N-methyl/N-ethyl adjacent to an activating group) is 1. The molecule has 3 amide bonds. The zero-order valence-electron chi connectivity index (χ0n) is 22.7. The van der Waals surface area contributed by atoms with Gasteiger partial charge in [0.05, 0.1) is 5.69 Å². The molecular weight excluding hydrogens is 579 g/mol. The number of halogens is 2. The van der Waals surface area contributed by atoms with Gasteiger partial charge in [0.2, 0.25) is 11.8 Å². The number of nitrogens with zero attached hydrogens (tertiary/aromatic N) is 5. The Morgan fingerprint density at radius 2 is 1.62 bits per heavy atom. The number of imide groups is 1. The largest absolute Gasteiger partial charge is 0.369 e. The van der Waals surface area contributed by atoms with Crippen molar-refractivity contribution < 1.29 is 18.8 Å². The van der Waals surface area contributed by atoms with Crippen molar-refractivity contribution >= 4 is 45.0 Å². The van der Waals surface area contributed by atoms with E-state index in [9.17, 15) is 18.8 Å². The summed E-state index contributed by atoms with van der Waals surface area (Å²) in [5.41, 5.74) is 4.27. The third-order valence-corrected chi connectivity index (χ3v) is 9.21. The number of carbonyl (C=O) groups excluding carboxylic acids is 3. The molecule has 212 valence electrons. The number of nitrogens with one attached hydrogen (secondary N) is 1. The van der Waals surface area contributed by atoms with Crippen LogP contribution in [-0.2, 0) is 22.7 Å². The molecule has 0 saturated carbocycles. The number of benzene rings is 2. The lowest BCUT2D eigenvalue weighted by Crippen LogP contribution is -2.52. The fourth-order valence-electron chi connectivity index (χ4n) is 6.25. The maximum atomic E-state index is 14.7. The molecule has 4 aliphatic heterocycles. The molecule has 3 saturated heterocycles. The van der Waals surface area contributed by atoms with Gasteiger partial charge in [-0.2, -0.15) is 0 Å². The normalized spacial score (nSPS) is 22.6. The number of amides is 3. The molecule has 1 N–H and O–H groups in total. The number of rotatable bonds is 5. The number of piperidine rings is 1. The zero-order chi connectivity index (χ0) is 28.0. The summed E-state index contributed by atoms with van der Waals surface area (Å²) in [5, 5.41) is 2.32. The highest BCUT2D eigenvalue weighted by Crippen LogP contribution is 2.36. The van der Waals surface area contributed by atoms with E-state index in [0.29, 0.717) is 18.7 Å². The van der Waals surface area contributed by atoms with Gasteiger partial charge in [0.25, 0.3) is 5.91 Å². The molecule has 0 bridgehead atoms. The van der Waals surface area contributed by atoms with E-state index in [1.54, 1.807) is 0 Å². The average molecular weight is 614 g/mol. The van der Waals surface area contributed by atoms with Crippen molar-refractivity contribution in [2.75, 3.05) is 69.2 Å². The predicted octanol–water partition coefficient (Wildman–Crippen LogP) is 2.42. The van der Waals surface area contributed by atoms with Crippen molar-refractivity contribution in [1.82, 2.24) is 20.0 Å². The lowest BCUT2D eigenvalue weighted by molar-refractivity contribution is -0.136. The minimum Gasteiger partial charge on any atom is -0.369 e. The molecule has 0 aliphatic carbocycles. The summed E-state index contributed by atoms with van der Waals surface area (Å²) in [7, 11) is 2.16. The molecule has 2 aromatic rings. The first kappa shape index (κ1) is 27.2. The summed E-state index contributed by atoms with van der Waals surface area (Å²) in [5.74, 6) is -1.60. The second kappa shape index (κ2) is 11.1. The van der Waals surface area contributed by atoms with Gasteiger partial charge in [-0.3, -0.25) is 24.6 Å². The average Bonchev–Trinajstić information content (AvgIpc) is 3.25. The lowest BCUT2D eigenvalue weighted by atomic mass is 10.0. The van der Waals surface area contributed by atoms with Crippen molar-refractivity contribution in [3.63, 3.8) is 0 Å². The van der Waals surface area contributed by atoms with Crippen LogP contribution in [0, 0.1) is 5.82 Å². The smallest absolute Gasteiger partial charge is 0.255 e. The number of piperazine rings is 2. The molecule has 2 aromatic carbocycles. The van der Waals surface area contributed by atoms with E-state index in [4.69, 9.17) is 0 Å².